The molecule has 2 rings (SSSR count). The lowest BCUT2D eigenvalue weighted by Crippen LogP contribution is -1.93. The van der Waals surface area contributed by atoms with Crippen LogP contribution in [0.5, 0.6) is 0 Å². The number of hydrogen-bond acceptors (Lipinski definition) is 2. The first-order chi connectivity index (χ1) is 6.39. The number of aromatic nitrogens is 1. The molecule has 0 aromatic carbocycles. The van der Waals surface area contributed by atoms with Crippen LogP contribution in [0.2, 0.25) is 0 Å². The van der Waals surface area contributed by atoms with Gasteiger partial charge in [0.25, 0.3) is 0 Å². The zero-order valence-corrected chi connectivity index (χ0v) is 7.13. The molecule has 0 saturated heterocycles. The molecular weight excluding hydrogens is 164 g/mol. The van der Waals surface area contributed by atoms with E-state index in [1.807, 2.05) is 18.2 Å². The van der Waals surface area contributed by atoms with E-state index in [2.05, 4.69) is 9.98 Å². The number of dihydropyridines is 1. The Morgan fingerprint density at radius 1 is 1.15 bits per heavy atom. The van der Waals surface area contributed by atoms with Crippen LogP contribution < -0.4 is 0 Å². The van der Waals surface area contributed by atoms with Crippen molar-refractivity contribution in [3.63, 3.8) is 0 Å². The molecule has 3 heteroatoms. The number of carbonyl (C=O) groups excluding carboxylic acids is 1. The van der Waals surface area contributed by atoms with Crippen LogP contribution in [0, 0.1) is 0 Å². The van der Waals surface area contributed by atoms with Gasteiger partial charge >= 0.3 is 0 Å². The fraction of sp³-hybridized carbons (Fsp3) is 0.100. The molecular formula is C10H10N2O. The minimum Gasteiger partial charge on any atom is -0.272 e. The predicted molar refractivity (Wildman–Crippen MR) is 51.5 cm³/mol. The van der Waals surface area contributed by atoms with Crippen LogP contribution in [-0.4, -0.2) is 17.1 Å². The summed E-state index contributed by atoms with van der Waals surface area (Å²) in [6.45, 7) is 0. The lowest BCUT2D eigenvalue weighted by molar-refractivity contribution is -0.117. The average molecular weight is 174 g/mol. The molecule has 0 saturated carbocycles. The van der Waals surface area contributed by atoms with Crippen molar-refractivity contribution in [1.82, 2.24) is 4.98 Å². The van der Waals surface area contributed by atoms with Gasteiger partial charge in [0.15, 0.2) is 0 Å². The minimum atomic E-state index is -0.0532. The van der Waals surface area contributed by atoms with E-state index < -0.39 is 0 Å². The number of nitrogens with zero attached hydrogens (tertiary/aromatic N) is 2. The summed E-state index contributed by atoms with van der Waals surface area (Å²) in [4.78, 5) is 17.5. The van der Waals surface area contributed by atoms with Crippen LogP contribution >= 0.6 is 0 Å². The fourth-order valence-electron chi connectivity index (χ4n) is 0.721. The van der Waals surface area contributed by atoms with E-state index in [0.29, 0.717) is 6.42 Å². The predicted octanol–water partition coefficient (Wildman–Crippen LogP) is 1.63. The fourth-order valence-corrected chi connectivity index (χ4v) is 0.721. The maximum Gasteiger partial charge on any atom is 0.249 e. The molecule has 1 aliphatic heterocycles. The van der Waals surface area contributed by atoms with Crippen LogP contribution in [-0.2, 0) is 4.79 Å². The van der Waals surface area contributed by atoms with Crippen molar-refractivity contribution in [2.75, 3.05) is 0 Å². The summed E-state index contributed by atoms with van der Waals surface area (Å²) >= 11 is 0. The minimum absolute atomic E-state index is 0.0532. The number of rotatable bonds is 0. The van der Waals surface area contributed by atoms with Crippen molar-refractivity contribution >= 4 is 12.1 Å². The van der Waals surface area contributed by atoms with Gasteiger partial charge in [-0.1, -0.05) is 12.1 Å². The molecule has 0 bridgehead atoms. The van der Waals surface area contributed by atoms with E-state index in [1.165, 1.54) is 6.21 Å². The monoisotopic (exact) mass is 174 g/mol. The topological polar surface area (TPSA) is 42.3 Å². The van der Waals surface area contributed by atoms with Gasteiger partial charge in [-0.25, -0.2) is 4.99 Å². The molecule has 1 aromatic rings. The Hall–Kier alpha value is -1.77. The van der Waals surface area contributed by atoms with Crippen LogP contribution in [0.3, 0.4) is 0 Å². The van der Waals surface area contributed by atoms with Gasteiger partial charge in [0.2, 0.25) is 5.91 Å². The average Bonchev–Trinajstić information content (AvgIpc) is 2.22. The Kier molecular flexibility index (Phi) is 4.18. The molecule has 3 nitrogen and oxygen atoms in total. The van der Waals surface area contributed by atoms with Gasteiger partial charge in [0.05, 0.1) is 0 Å². The second kappa shape index (κ2) is 5.83. The summed E-state index contributed by atoms with van der Waals surface area (Å²) in [7, 11) is 0. The van der Waals surface area contributed by atoms with E-state index in [-0.39, 0.29) is 5.91 Å². The third kappa shape index (κ3) is 4.63. The lowest BCUT2D eigenvalue weighted by atomic mass is 10.3. The largest absolute Gasteiger partial charge is 0.272 e. The smallest absolute Gasteiger partial charge is 0.249 e. The molecule has 0 atom stereocenters. The van der Waals surface area contributed by atoms with Crippen LogP contribution in [0.4, 0.5) is 0 Å². The van der Waals surface area contributed by atoms with Gasteiger partial charge in [-0.05, 0) is 18.2 Å². The molecule has 1 aromatic heterocycles. The number of allylic oxidation sites excluding steroid dienone is 1. The summed E-state index contributed by atoms with van der Waals surface area (Å²) in [5, 5.41) is 0. The van der Waals surface area contributed by atoms with Crippen molar-refractivity contribution in [3.05, 3.63) is 42.7 Å². The third-order valence-electron chi connectivity index (χ3n) is 1.30. The number of carbonyl (C=O) groups is 1. The SMILES string of the molecule is O=C1CC=CC=N1.c1ccncc1. The van der Waals surface area contributed by atoms with E-state index in [9.17, 15) is 4.79 Å². The van der Waals surface area contributed by atoms with Gasteiger partial charge in [0, 0.05) is 25.0 Å². The molecule has 0 radical (unpaired) electrons. The Balaban J connectivity index is 0.000000132. The highest BCUT2D eigenvalue weighted by Gasteiger charge is 1.93. The molecule has 0 N–H and O–H groups in total. The van der Waals surface area contributed by atoms with Crippen molar-refractivity contribution in [2.24, 2.45) is 4.99 Å². The van der Waals surface area contributed by atoms with E-state index in [4.69, 9.17) is 0 Å². The number of amides is 1. The normalized spacial score (nSPS) is 13.4. The van der Waals surface area contributed by atoms with Gasteiger partial charge in [-0.15, -0.1) is 0 Å². The second-order valence-electron chi connectivity index (χ2n) is 2.33. The highest BCUT2D eigenvalue weighted by molar-refractivity contribution is 5.92. The summed E-state index contributed by atoms with van der Waals surface area (Å²) in [6.07, 6.45) is 9.03. The first kappa shape index (κ1) is 9.32. The molecule has 1 amide bonds. The quantitative estimate of drug-likeness (QED) is 0.599. The van der Waals surface area contributed by atoms with Gasteiger partial charge in [-0.2, -0.15) is 0 Å². The summed E-state index contributed by atoms with van der Waals surface area (Å²) < 4.78 is 0. The van der Waals surface area contributed by atoms with Gasteiger partial charge in [-0.3, -0.25) is 9.78 Å². The maximum atomic E-state index is 10.2. The molecule has 0 aliphatic carbocycles. The Bertz CT molecular complexity index is 277. The number of hydrogen-bond donors (Lipinski definition) is 0. The molecule has 13 heavy (non-hydrogen) atoms. The number of aliphatic imine (C=N–C) groups is 1. The standard InChI is InChI=1S/C5H5NO.C5H5N/c7-5-3-1-2-4-6-5;1-2-4-6-5-3-1/h1-2,4H,3H2;1-5H. The van der Waals surface area contributed by atoms with Gasteiger partial charge in [0.1, 0.15) is 0 Å². The Morgan fingerprint density at radius 3 is 2.15 bits per heavy atom. The van der Waals surface area contributed by atoms with E-state index >= 15 is 0 Å². The van der Waals surface area contributed by atoms with E-state index in [1.54, 1.807) is 24.5 Å². The van der Waals surface area contributed by atoms with E-state index in [0.717, 1.165) is 0 Å². The Morgan fingerprint density at radius 2 is 1.92 bits per heavy atom. The second-order valence-corrected chi connectivity index (χ2v) is 2.33. The maximum absolute atomic E-state index is 10.2. The first-order valence-electron chi connectivity index (χ1n) is 3.96. The first-order valence-corrected chi connectivity index (χ1v) is 3.96. The van der Waals surface area contributed by atoms with Crippen LogP contribution in [0.25, 0.3) is 0 Å². The van der Waals surface area contributed by atoms with Crippen molar-refractivity contribution in [3.8, 4) is 0 Å². The summed E-state index contributed by atoms with van der Waals surface area (Å²) in [5.41, 5.74) is 0. The van der Waals surface area contributed by atoms with Gasteiger partial charge < -0.3 is 0 Å². The van der Waals surface area contributed by atoms with Crippen molar-refractivity contribution in [2.45, 2.75) is 6.42 Å². The molecule has 0 unspecified atom stereocenters. The highest BCUT2D eigenvalue weighted by atomic mass is 16.1. The lowest BCUT2D eigenvalue weighted by Gasteiger charge is -1.88. The summed E-state index contributed by atoms with van der Waals surface area (Å²) in [5.74, 6) is -0.0532. The molecule has 0 fully saturated rings. The summed E-state index contributed by atoms with van der Waals surface area (Å²) in [6, 6.07) is 5.72. The molecule has 66 valence electrons. The molecule has 1 aliphatic rings. The van der Waals surface area contributed by atoms with Crippen molar-refractivity contribution < 1.29 is 4.79 Å². The zero-order chi connectivity index (χ0) is 9.36. The Labute approximate surface area is 76.8 Å². The third-order valence-corrected chi connectivity index (χ3v) is 1.30. The van der Waals surface area contributed by atoms with Crippen LogP contribution in [0.1, 0.15) is 6.42 Å². The van der Waals surface area contributed by atoms with Crippen molar-refractivity contribution in [1.29, 1.82) is 0 Å². The molecule has 0 spiro atoms. The zero-order valence-electron chi connectivity index (χ0n) is 7.13. The van der Waals surface area contributed by atoms with Crippen LogP contribution in [0.15, 0.2) is 47.7 Å². The number of pyridine rings is 1. The molecule has 2 heterocycles. The highest BCUT2D eigenvalue weighted by Crippen LogP contribution is 1.90.